The molecule has 1 aliphatic heterocycles. The van der Waals surface area contributed by atoms with Crippen LogP contribution in [0.5, 0.6) is 0 Å². The largest absolute Gasteiger partial charge is 0.307 e. The number of carbonyl (C=O) groups excluding carboxylic acids is 2. The first kappa shape index (κ1) is 21.8. The number of thiophene rings is 1. The van der Waals surface area contributed by atoms with E-state index in [-0.39, 0.29) is 24.3 Å². The van der Waals surface area contributed by atoms with Crippen molar-refractivity contribution in [2.75, 3.05) is 9.80 Å². The summed E-state index contributed by atoms with van der Waals surface area (Å²) in [6.45, 7) is 0. The number of anilines is 2. The van der Waals surface area contributed by atoms with Gasteiger partial charge in [0.25, 0.3) is 5.91 Å². The first-order chi connectivity index (χ1) is 16.1. The smallest absolute Gasteiger partial charge is 0.255 e. The van der Waals surface area contributed by atoms with Crippen molar-refractivity contribution < 1.29 is 14.0 Å². The first-order valence-corrected chi connectivity index (χ1v) is 12.5. The summed E-state index contributed by atoms with van der Waals surface area (Å²) in [5, 5.41) is 1.93. The van der Waals surface area contributed by atoms with Crippen molar-refractivity contribution in [3.63, 3.8) is 0 Å². The standard InChI is InChI=1S/C27H27FN2O2S/c28-19-9-7-12-21(17-19)30(25(31)18-22-13-8-16-33-22)26-23-14-5-6-15-24(23)29(27(26)32)20-10-3-1-2-4-11-20/h5-9,12-17,20,26H,1-4,10-11,18H2. The lowest BCUT2D eigenvalue weighted by Gasteiger charge is -2.31. The summed E-state index contributed by atoms with van der Waals surface area (Å²) in [7, 11) is 0. The van der Waals surface area contributed by atoms with E-state index in [1.165, 1.54) is 41.2 Å². The zero-order valence-electron chi connectivity index (χ0n) is 18.5. The highest BCUT2D eigenvalue weighted by Crippen LogP contribution is 2.44. The van der Waals surface area contributed by atoms with Gasteiger partial charge in [-0.25, -0.2) is 4.39 Å². The van der Waals surface area contributed by atoms with Gasteiger partial charge < -0.3 is 4.90 Å². The SMILES string of the molecule is O=C1C(N(C(=O)Cc2cccs2)c2cccc(F)c2)c2ccccc2N1C1CCCCCC1. The maximum atomic E-state index is 14.2. The third kappa shape index (κ3) is 4.32. The molecule has 0 spiro atoms. The Hall–Kier alpha value is -2.99. The van der Waals surface area contributed by atoms with Gasteiger partial charge in [-0.05, 0) is 48.6 Å². The highest BCUT2D eigenvalue weighted by atomic mass is 32.1. The number of para-hydroxylation sites is 1. The molecule has 33 heavy (non-hydrogen) atoms. The van der Waals surface area contributed by atoms with Gasteiger partial charge in [0.1, 0.15) is 11.9 Å². The van der Waals surface area contributed by atoms with Crippen LogP contribution in [0.4, 0.5) is 15.8 Å². The number of hydrogen-bond donors (Lipinski definition) is 0. The van der Waals surface area contributed by atoms with Crippen molar-refractivity contribution in [1.29, 1.82) is 0 Å². The molecular weight excluding hydrogens is 435 g/mol. The fourth-order valence-electron chi connectivity index (χ4n) is 5.17. The van der Waals surface area contributed by atoms with Crippen molar-refractivity contribution in [2.24, 2.45) is 0 Å². The van der Waals surface area contributed by atoms with Crippen molar-refractivity contribution in [3.05, 3.63) is 82.3 Å². The van der Waals surface area contributed by atoms with E-state index in [9.17, 15) is 14.0 Å². The number of halogens is 1. The molecule has 1 aromatic heterocycles. The third-order valence-corrected chi connectivity index (χ3v) is 7.55. The van der Waals surface area contributed by atoms with Crippen LogP contribution in [0.2, 0.25) is 0 Å². The first-order valence-electron chi connectivity index (χ1n) is 11.7. The minimum absolute atomic E-state index is 0.0908. The monoisotopic (exact) mass is 462 g/mol. The lowest BCUT2D eigenvalue weighted by molar-refractivity contribution is -0.124. The molecule has 1 aliphatic carbocycles. The molecule has 2 heterocycles. The number of carbonyl (C=O) groups is 2. The predicted molar refractivity (Wildman–Crippen MR) is 130 cm³/mol. The maximum absolute atomic E-state index is 14.2. The van der Waals surface area contributed by atoms with Gasteiger partial charge in [-0.1, -0.05) is 56.0 Å². The molecule has 0 N–H and O–H groups in total. The molecule has 1 unspecified atom stereocenters. The lowest BCUT2D eigenvalue weighted by atomic mass is 10.0. The third-order valence-electron chi connectivity index (χ3n) is 6.67. The zero-order chi connectivity index (χ0) is 22.8. The number of amides is 2. The van der Waals surface area contributed by atoms with Crippen molar-refractivity contribution in [2.45, 2.75) is 57.0 Å². The molecule has 2 aliphatic rings. The Morgan fingerprint density at radius 1 is 1.00 bits per heavy atom. The Morgan fingerprint density at radius 2 is 1.79 bits per heavy atom. The van der Waals surface area contributed by atoms with Crippen LogP contribution in [0.3, 0.4) is 0 Å². The van der Waals surface area contributed by atoms with Crippen LogP contribution in [0.25, 0.3) is 0 Å². The molecule has 0 bridgehead atoms. The molecule has 1 atom stereocenters. The van der Waals surface area contributed by atoms with E-state index >= 15 is 0 Å². The Morgan fingerprint density at radius 3 is 2.52 bits per heavy atom. The fraction of sp³-hybridized carbons (Fsp3) is 0.333. The summed E-state index contributed by atoms with van der Waals surface area (Å²) >= 11 is 1.50. The van der Waals surface area contributed by atoms with E-state index in [1.54, 1.807) is 12.1 Å². The summed E-state index contributed by atoms with van der Waals surface area (Å²) in [5.74, 6) is -0.730. The lowest BCUT2D eigenvalue weighted by Crippen LogP contribution is -2.45. The minimum atomic E-state index is -0.793. The number of benzene rings is 2. The van der Waals surface area contributed by atoms with Crippen molar-refractivity contribution >= 4 is 34.5 Å². The van der Waals surface area contributed by atoms with E-state index in [0.29, 0.717) is 5.69 Å². The average Bonchev–Trinajstić information content (AvgIpc) is 3.31. The molecule has 1 saturated carbocycles. The highest BCUT2D eigenvalue weighted by Gasteiger charge is 2.45. The van der Waals surface area contributed by atoms with E-state index in [2.05, 4.69) is 0 Å². The number of fused-ring (bicyclic) bond motifs is 1. The summed E-state index contributed by atoms with van der Waals surface area (Å²) < 4.78 is 14.2. The van der Waals surface area contributed by atoms with Gasteiger partial charge in [0.05, 0.1) is 6.42 Å². The van der Waals surface area contributed by atoms with Gasteiger partial charge in [-0.15, -0.1) is 11.3 Å². The van der Waals surface area contributed by atoms with E-state index < -0.39 is 11.9 Å². The second-order valence-electron chi connectivity index (χ2n) is 8.81. The van der Waals surface area contributed by atoms with Gasteiger partial charge in [-0.3, -0.25) is 14.5 Å². The second kappa shape index (κ2) is 9.48. The molecule has 2 amide bonds. The summed E-state index contributed by atoms with van der Waals surface area (Å²) in [6.07, 6.45) is 6.70. The normalized spacial score (nSPS) is 18.8. The van der Waals surface area contributed by atoms with Crippen molar-refractivity contribution in [3.8, 4) is 0 Å². The molecule has 0 saturated heterocycles. The summed E-state index contributed by atoms with van der Waals surface area (Å²) in [5.41, 5.74) is 2.10. The van der Waals surface area contributed by atoms with Gasteiger partial charge in [0.2, 0.25) is 5.91 Å². The van der Waals surface area contributed by atoms with E-state index in [0.717, 1.165) is 41.8 Å². The van der Waals surface area contributed by atoms with E-state index in [4.69, 9.17) is 0 Å². The second-order valence-corrected chi connectivity index (χ2v) is 9.85. The van der Waals surface area contributed by atoms with Crippen LogP contribution in [-0.4, -0.2) is 17.9 Å². The van der Waals surface area contributed by atoms with Gasteiger partial charge in [0.15, 0.2) is 0 Å². The highest BCUT2D eigenvalue weighted by molar-refractivity contribution is 7.10. The molecular formula is C27H27FN2O2S. The molecule has 6 heteroatoms. The Kier molecular flexibility index (Phi) is 6.27. The molecule has 170 valence electrons. The topological polar surface area (TPSA) is 40.6 Å². The number of hydrogen-bond acceptors (Lipinski definition) is 3. The Bertz CT molecular complexity index is 1140. The zero-order valence-corrected chi connectivity index (χ0v) is 19.3. The van der Waals surface area contributed by atoms with E-state index in [1.807, 2.05) is 46.7 Å². The average molecular weight is 463 g/mol. The summed E-state index contributed by atoms with van der Waals surface area (Å²) in [4.78, 5) is 32.0. The number of rotatable bonds is 5. The molecule has 5 rings (SSSR count). The number of nitrogens with zero attached hydrogens (tertiary/aromatic N) is 2. The summed E-state index contributed by atoms with van der Waals surface area (Å²) in [6, 6.07) is 16.9. The quantitative estimate of drug-likeness (QED) is 0.419. The van der Waals surface area contributed by atoms with Crippen LogP contribution >= 0.6 is 11.3 Å². The molecule has 2 aromatic carbocycles. The minimum Gasteiger partial charge on any atom is -0.307 e. The van der Waals surface area contributed by atoms with Crippen LogP contribution in [0.1, 0.15) is 55.0 Å². The van der Waals surface area contributed by atoms with Crippen LogP contribution in [0, 0.1) is 5.82 Å². The molecule has 4 nitrogen and oxygen atoms in total. The van der Waals surface area contributed by atoms with Gasteiger partial charge in [-0.2, -0.15) is 0 Å². The van der Waals surface area contributed by atoms with Crippen LogP contribution in [0.15, 0.2) is 66.0 Å². The maximum Gasteiger partial charge on any atom is 0.255 e. The molecule has 1 fully saturated rings. The van der Waals surface area contributed by atoms with Crippen molar-refractivity contribution in [1.82, 2.24) is 0 Å². The molecule has 3 aromatic rings. The Labute approximate surface area is 197 Å². The van der Waals surface area contributed by atoms with Gasteiger partial charge >= 0.3 is 0 Å². The fourth-order valence-corrected chi connectivity index (χ4v) is 5.87. The molecule has 0 radical (unpaired) electrons. The van der Waals surface area contributed by atoms with Crippen LogP contribution in [-0.2, 0) is 16.0 Å². The Balaban J connectivity index is 1.57. The van der Waals surface area contributed by atoms with Gasteiger partial charge in [0, 0.05) is 27.9 Å². The van der Waals surface area contributed by atoms with Crippen LogP contribution < -0.4 is 9.80 Å². The predicted octanol–water partition coefficient (Wildman–Crippen LogP) is 6.27.